The molecule has 2 rings (SSSR count). The van der Waals surface area contributed by atoms with Crippen LogP contribution in [-0.4, -0.2) is 17.0 Å². The molecule has 1 aliphatic rings. The van der Waals surface area contributed by atoms with Crippen molar-refractivity contribution in [3.63, 3.8) is 0 Å². The van der Waals surface area contributed by atoms with Gasteiger partial charge in [0.05, 0.1) is 0 Å². The number of carbonyl (C=O) groups excluding carboxylic acids is 2. The molecule has 0 spiro atoms. The number of carbonyl (C=O) groups is 2. The normalized spacial score (nSPS) is 23.6. The van der Waals surface area contributed by atoms with E-state index in [-0.39, 0.29) is 5.91 Å². The minimum Gasteiger partial charge on any atom is -0.550 e. The zero-order chi connectivity index (χ0) is 13.1. The summed E-state index contributed by atoms with van der Waals surface area (Å²) in [5.74, 6) is -1.80. The number of rotatable bonds is 3. The Morgan fingerprint density at radius 2 is 2.06 bits per heavy atom. The van der Waals surface area contributed by atoms with Crippen molar-refractivity contribution in [2.75, 3.05) is 5.32 Å². The average molecular weight is 251 g/mol. The molecule has 98 valence electrons. The van der Waals surface area contributed by atoms with Gasteiger partial charge in [0, 0.05) is 23.9 Å². The third kappa shape index (κ3) is 2.69. The molecule has 1 amide bonds. The zero-order valence-corrected chi connectivity index (χ0v) is 10.1. The van der Waals surface area contributed by atoms with Crippen LogP contribution in [0.25, 0.3) is 0 Å². The Morgan fingerprint density at radius 3 is 2.61 bits per heavy atom. The van der Waals surface area contributed by atoms with E-state index in [1.165, 1.54) is 0 Å². The second kappa shape index (κ2) is 5.20. The van der Waals surface area contributed by atoms with Gasteiger partial charge in [-0.2, -0.15) is 0 Å². The van der Waals surface area contributed by atoms with Crippen molar-refractivity contribution in [2.24, 2.45) is 11.8 Å². The summed E-state index contributed by atoms with van der Waals surface area (Å²) in [6, 6.07) is 1.59. The third-order valence-corrected chi connectivity index (χ3v) is 3.28. The van der Waals surface area contributed by atoms with Crippen LogP contribution in [0.2, 0.25) is 0 Å². The lowest BCUT2D eigenvalue weighted by atomic mass is 9.79. The first kappa shape index (κ1) is 12.6. The highest BCUT2D eigenvalue weighted by Gasteiger charge is 2.32. The summed E-state index contributed by atoms with van der Waals surface area (Å²) < 4.78 is 4.83. The van der Waals surface area contributed by atoms with Gasteiger partial charge in [-0.15, -0.1) is 0 Å². The fraction of sp³-hybridized carbons (Fsp3) is 0.583. The van der Waals surface area contributed by atoms with E-state index in [0.29, 0.717) is 24.4 Å². The van der Waals surface area contributed by atoms with E-state index in [1.54, 1.807) is 13.0 Å². The summed E-state index contributed by atoms with van der Waals surface area (Å²) in [7, 11) is 0. The summed E-state index contributed by atoms with van der Waals surface area (Å²) in [6.45, 7) is 1.72. The largest absolute Gasteiger partial charge is 0.550 e. The second-order valence-corrected chi connectivity index (χ2v) is 4.63. The van der Waals surface area contributed by atoms with Gasteiger partial charge in [0.15, 0.2) is 5.82 Å². The Morgan fingerprint density at radius 1 is 1.39 bits per heavy atom. The molecule has 1 saturated carbocycles. The molecule has 1 heterocycles. The Labute approximate surface area is 104 Å². The van der Waals surface area contributed by atoms with Crippen LogP contribution in [0.15, 0.2) is 10.6 Å². The third-order valence-electron chi connectivity index (χ3n) is 3.28. The number of carboxylic acids is 1. The number of hydrogen-bond donors (Lipinski definition) is 1. The van der Waals surface area contributed by atoms with Crippen molar-refractivity contribution in [2.45, 2.75) is 32.6 Å². The number of nitrogens with zero attached hydrogens (tertiary/aromatic N) is 1. The lowest BCUT2D eigenvalue weighted by Gasteiger charge is -2.30. The van der Waals surface area contributed by atoms with Crippen LogP contribution in [0.3, 0.4) is 0 Å². The molecular weight excluding hydrogens is 236 g/mol. The number of hydrogen-bond acceptors (Lipinski definition) is 5. The smallest absolute Gasteiger partial charge is 0.229 e. The summed E-state index contributed by atoms with van der Waals surface area (Å²) in [6.07, 6.45) is 2.75. The number of anilines is 1. The fourth-order valence-corrected chi connectivity index (χ4v) is 2.37. The monoisotopic (exact) mass is 251 g/mol. The van der Waals surface area contributed by atoms with Crippen molar-refractivity contribution >= 4 is 17.7 Å². The molecule has 0 aromatic carbocycles. The number of aromatic nitrogens is 1. The van der Waals surface area contributed by atoms with Gasteiger partial charge in [0.25, 0.3) is 0 Å². The van der Waals surface area contributed by atoms with Crippen LogP contribution >= 0.6 is 0 Å². The van der Waals surface area contributed by atoms with E-state index in [1.807, 2.05) is 0 Å². The standard InChI is InChI=1S/C12H16N2O4/c1-7-6-10(14-18-7)13-11(15)8-4-2-3-5-9(8)12(16)17/h6,8-9H,2-5H2,1H3,(H,16,17)(H,13,14,15)/p-1/t8-,9+/m0/s1. The van der Waals surface area contributed by atoms with E-state index in [4.69, 9.17) is 4.52 Å². The average Bonchev–Trinajstić information content (AvgIpc) is 2.74. The Hall–Kier alpha value is -1.85. The molecule has 1 N–H and O–H groups in total. The molecule has 0 unspecified atom stereocenters. The lowest BCUT2D eigenvalue weighted by molar-refractivity contribution is -0.313. The fourth-order valence-electron chi connectivity index (χ4n) is 2.37. The van der Waals surface area contributed by atoms with Crippen molar-refractivity contribution in [3.8, 4) is 0 Å². The minimum atomic E-state index is -1.15. The van der Waals surface area contributed by atoms with Crippen LogP contribution < -0.4 is 10.4 Å². The van der Waals surface area contributed by atoms with Crippen LogP contribution in [0.1, 0.15) is 31.4 Å². The second-order valence-electron chi connectivity index (χ2n) is 4.63. The van der Waals surface area contributed by atoms with Crippen molar-refractivity contribution in [3.05, 3.63) is 11.8 Å². The SMILES string of the molecule is Cc1cc(NC(=O)[C@H]2CCCC[C@H]2C(=O)[O-])no1. The van der Waals surface area contributed by atoms with Crippen molar-refractivity contribution in [1.29, 1.82) is 0 Å². The predicted octanol–water partition coefficient (Wildman–Crippen LogP) is 0.478. The van der Waals surface area contributed by atoms with Crippen LogP contribution in [-0.2, 0) is 9.59 Å². The van der Waals surface area contributed by atoms with E-state index in [9.17, 15) is 14.7 Å². The summed E-state index contributed by atoms with van der Waals surface area (Å²) in [4.78, 5) is 23.0. The maximum atomic E-state index is 12.0. The van der Waals surface area contributed by atoms with E-state index in [2.05, 4.69) is 10.5 Å². The number of amides is 1. The number of aryl methyl sites for hydroxylation is 1. The van der Waals surface area contributed by atoms with Crippen LogP contribution in [0.5, 0.6) is 0 Å². The lowest BCUT2D eigenvalue weighted by Crippen LogP contribution is -2.42. The van der Waals surface area contributed by atoms with Crippen molar-refractivity contribution in [1.82, 2.24) is 5.16 Å². The van der Waals surface area contributed by atoms with Gasteiger partial charge >= 0.3 is 0 Å². The van der Waals surface area contributed by atoms with Gasteiger partial charge in [-0.1, -0.05) is 18.0 Å². The van der Waals surface area contributed by atoms with Gasteiger partial charge in [-0.25, -0.2) is 0 Å². The molecule has 18 heavy (non-hydrogen) atoms. The molecule has 1 fully saturated rings. The molecule has 1 aromatic rings. The van der Waals surface area contributed by atoms with Gasteiger partial charge in [0.1, 0.15) is 5.76 Å². The van der Waals surface area contributed by atoms with E-state index in [0.717, 1.165) is 12.8 Å². The number of carboxylic acid groups (broad SMARTS) is 1. The molecule has 1 aliphatic carbocycles. The maximum Gasteiger partial charge on any atom is 0.229 e. The highest BCUT2D eigenvalue weighted by molar-refractivity contribution is 5.94. The quantitative estimate of drug-likeness (QED) is 0.842. The van der Waals surface area contributed by atoms with E-state index >= 15 is 0 Å². The topological polar surface area (TPSA) is 95.3 Å². The van der Waals surface area contributed by atoms with Crippen molar-refractivity contribution < 1.29 is 19.2 Å². The zero-order valence-electron chi connectivity index (χ0n) is 10.1. The first-order valence-corrected chi connectivity index (χ1v) is 6.03. The van der Waals surface area contributed by atoms with Gasteiger partial charge in [-0.05, 0) is 19.8 Å². The highest BCUT2D eigenvalue weighted by atomic mass is 16.5. The first-order chi connectivity index (χ1) is 8.58. The summed E-state index contributed by atoms with van der Waals surface area (Å²) in [5, 5.41) is 17.2. The molecule has 0 radical (unpaired) electrons. The minimum absolute atomic E-state index is 0.320. The van der Waals surface area contributed by atoms with Gasteiger partial charge in [0.2, 0.25) is 5.91 Å². The number of nitrogens with one attached hydrogen (secondary N) is 1. The molecule has 1 aromatic heterocycles. The van der Waals surface area contributed by atoms with Crippen LogP contribution in [0, 0.1) is 18.8 Å². The predicted molar refractivity (Wildman–Crippen MR) is 60.3 cm³/mol. The summed E-state index contributed by atoms with van der Waals surface area (Å²) in [5.41, 5.74) is 0. The van der Waals surface area contributed by atoms with Gasteiger partial charge in [-0.3, -0.25) is 4.79 Å². The van der Waals surface area contributed by atoms with Crippen LogP contribution in [0.4, 0.5) is 5.82 Å². The maximum absolute atomic E-state index is 12.0. The Bertz CT molecular complexity index is 455. The molecule has 6 heteroatoms. The molecular formula is C12H15N2O4-. The Kier molecular flexibility index (Phi) is 3.64. The molecule has 0 aliphatic heterocycles. The molecule has 0 saturated heterocycles. The number of aliphatic carboxylic acids is 1. The first-order valence-electron chi connectivity index (χ1n) is 6.03. The summed E-state index contributed by atoms with van der Waals surface area (Å²) >= 11 is 0. The molecule has 6 nitrogen and oxygen atoms in total. The molecule has 2 atom stereocenters. The van der Waals surface area contributed by atoms with Gasteiger partial charge < -0.3 is 19.7 Å². The molecule has 0 bridgehead atoms. The Balaban J connectivity index is 2.04. The highest BCUT2D eigenvalue weighted by Crippen LogP contribution is 2.30. The van der Waals surface area contributed by atoms with E-state index < -0.39 is 17.8 Å².